The van der Waals surface area contributed by atoms with Crippen LogP contribution in [0.2, 0.25) is 0 Å². The average molecular weight is 299 g/mol. The Balaban J connectivity index is 2.04. The number of nitrogens with one attached hydrogen (secondary N) is 2. The first-order valence-electron chi connectivity index (χ1n) is 5.50. The number of benzene rings is 1. The molecule has 0 aliphatic carbocycles. The lowest BCUT2D eigenvalue weighted by Gasteiger charge is -2.09. The van der Waals surface area contributed by atoms with E-state index in [-0.39, 0.29) is 5.69 Å². The Bertz CT molecular complexity index is 654. The van der Waals surface area contributed by atoms with Gasteiger partial charge >= 0.3 is 18.0 Å². The molecule has 2 amide bonds. The van der Waals surface area contributed by atoms with Gasteiger partial charge in [0.2, 0.25) is 0 Å². The van der Waals surface area contributed by atoms with Gasteiger partial charge in [-0.25, -0.2) is 4.68 Å². The van der Waals surface area contributed by atoms with Crippen molar-refractivity contribution >= 4 is 17.5 Å². The lowest BCUT2D eigenvalue weighted by molar-refractivity contribution is -0.137. The Morgan fingerprint density at radius 1 is 1.10 bits per heavy atom. The van der Waals surface area contributed by atoms with Crippen molar-refractivity contribution in [1.82, 2.24) is 14.9 Å². The first-order chi connectivity index (χ1) is 9.86. The topological polar surface area (TPSA) is 88.9 Å². The fourth-order valence-electron chi connectivity index (χ4n) is 1.39. The molecule has 0 spiro atoms. The largest absolute Gasteiger partial charge is 0.416 e. The van der Waals surface area contributed by atoms with Crippen LogP contribution in [0.25, 0.3) is 0 Å². The summed E-state index contributed by atoms with van der Waals surface area (Å²) in [6, 6.07) is 3.94. The van der Waals surface area contributed by atoms with Crippen LogP contribution in [0.4, 0.5) is 18.9 Å². The van der Waals surface area contributed by atoms with E-state index in [1.165, 1.54) is 6.07 Å². The highest BCUT2D eigenvalue weighted by molar-refractivity contribution is 6.42. The van der Waals surface area contributed by atoms with Gasteiger partial charge in [-0.15, -0.1) is 10.2 Å². The summed E-state index contributed by atoms with van der Waals surface area (Å²) in [6.07, 6.45) is -2.27. The summed E-state index contributed by atoms with van der Waals surface area (Å²) in [5.41, 5.74) is 1.03. The number of aromatic nitrogens is 3. The first kappa shape index (κ1) is 14.5. The van der Waals surface area contributed by atoms with Crippen molar-refractivity contribution in [2.24, 2.45) is 0 Å². The van der Waals surface area contributed by atoms with Gasteiger partial charge in [0.25, 0.3) is 0 Å². The number of halogens is 3. The smallest absolute Gasteiger partial charge is 0.318 e. The number of carbonyl (C=O) groups excluding carboxylic acids is 2. The van der Waals surface area contributed by atoms with Crippen molar-refractivity contribution in [3.05, 3.63) is 42.5 Å². The number of nitrogens with zero attached hydrogens (tertiary/aromatic N) is 3. The summed E-state index contributed by atoms with van der Waals surface area (Å²) in [5.74, 6) is -2.20. The molecule has 0 saturated carbocycles. The molecule has 0 radical (unpaired) electrons. The van der Waals surface area contributed by atoms with Gasteiger partial charge in [0.1, 0.15) is 12.7 Å². The molecule has 1 heterocycles. The average Bonchev–Trinajstić information content (AvgIpc) is 2.91. The lowest BCUT2D eigenvalue weighted by Crippen LogP contribution is -2.33. The summed E-state index contributed by atoms with van der Waals surface area (Å²) in [5, 5.41) is 8.86. The van der Waals surface area contributed by atoms with Crippen LogP contribution in [0.1, 0.15) is 5.56 Å². The minimum Gasteiger partial charge on any atom is -0.318 e. The van der Waals surface area contributed by atoms with Crippen LogP contribution < -0.4 is 10.7 Å². The Morgan fingerprint density at radius 2 is 1.76 bits per heavy atom. The molecule has 0 aliphatic heterocycles. The van der Waals surface area contributed by atoms with Gasteiger partial charge in [0, 0.05) is 5.69 Å². The molecule has 1 aromatic heterocycles. The Kier molecular flexibility index (Phi) is 3.87. The van der Waals surface area contributed by atoms with Crippen LogP contribution in [0.3, 0.4) is 0 Å². The second kappa shape index (κ2) is 5.61. The maximum Gasteiger partial charge on any atom is 0.416 e. The van der Waals surface area contributed by atoms with E-state index in [1.807, 2.05) is 0 Å². The minimum atomic E-state index is -4.54. The Morgan fingerprint density at radius 3 is 2.38 bits per heavy atom. The maximum absolute atomic E-state index is 12.5. The number of carbonyl (C=O) groups is 2. The molecular weight excluding hydrogens is 291 g/mol. The zero-order chi connectivity index (χ0) is 15.5. The molecule has 7 nitrogen and oxygen atoms in total. The molecule has 1 aromatic carbocycles. The van der Waals surface area contributed by atoms with Crippen LogP contribution in [-0.2, 0) is 15.8 Å². The van der Waals surface area contributed by atoms with E-state index in [4.69, 9.17) is 0 Å². The summed E-state index contributed by atoms with van der Waals surface area (Å²) >= 11 is 0. The van der Waals surface area contributed by atoms with Crippen molar-refractivity contribution in [2.45, 2.75) is 6.18 Å². The van der Waals surface area contributed by atoms with Gasteiger partial charge in [0.15, 0.2) is 0 Å². The number of hydrogen-bond donors (Lipinski definition) is 2. The fraction of sp³-hybridized carbons (Fsp3) is 0.0909. The summed E-state index contributed by atoms with van der Waals surface area (Å²) in [7, 11) is 0. The molecule has 0 unspecified atom stereocenters. The van der Waals surface area contributed by atoms with Gasteiger partial charge in [-0.3, -0.25) is 15.0 Å². The maximum atomic E-state index is 12.5. The van der Waals surface area contributed by atoms with Gasteiger partial charge in [-0.1, -0.05) is 6.07 Å². The quantitative estimate of drug-likeness (QED) is 0.810. The minimum absolute atomic E-state index is 0.145. The van der Waals surface area contributed by atoms with Crippen LogP contribution in [-0.4, -0.2) is 26.7 Å². The third kappa shape index (κ3) is 3.78. The van der Waals surface area contributed by atoms with E-state index < -0.39 is 23.6 Å². The molecule has 2 N–H and O–H groups in total. The number of anilines is 1. The molecule has 0 bridgehead atoms. The van der Waals surface area contributed by atoms with Crippen LogP contribution in [0, 0.1) is 0 Å². The van der Waals surface area contributed by atoms with Crippen molar-refractivity contribution in [3.8, 4) is 0 Å². The van der Waals surface area contributed by atoms with Gasteiger partial charge in [0.05, 0.1) is 5.56 Å². The van der Waals surface area contributed by atoms with Crippen LogP contribution >= 0.6 is 0 Å². The Labute approximate surface area is 115 Å². The van der Waals surface area contributed by atoms with Crippen LogP contribution in [0.5, 0.6) is 0 Å². The van der Waals surface area contributed by atoms with Crippen molar-refractivity contribution in [2.75, 3.05) is 10.7 Å². The number of hydrogen-bond acceptors (Lipinski definition) is 4. The second-order valence-electron chi connectivity index (χ2n) is 3.84. The highest BCUT2D eigenvalue weighted by Crippen LogP contribution is 2.30. The molecule has 2 rings (SSSR count). The molecule has 110 valence electrons. The lowest BCUT2D eigenvalue weighted by atomic mass is 10.2. The molecule has 0 aliphatic rings. The molecule has 10 heteroatoms. The predicted molar refractivity (Wildman–Crippen MR) is 64.5 cm³/mol. The third-order valence-corrected chi connectivity index (χ3v) is 2.30. The van der Waals surface area contributed by atoms with Gasteiger partial charge in [-0.05, 0) is 18.2 Å². The van der Waals surface area contributed by atoms with Gasteiger partial charge in [-0.2, -0.15) is 13.2 Å². The summed E-state index contributed by atoms with van der Waals surface area (Å²) in [4.78, 5) is 23.0. The van der Waals surface area contributed by atoms with E-state index >= 15 is 0 Å². The van der Waals surface area contributed by atoms with E-state index in [0.717, 1.165) is 35.5 Å². The first-order valence-corrected chi connectivity index (χ1v) is 5.50. The number of rotatable bonds is 2. The highest BCUT2D eigenvalue weighted by atomic mass is 19.4. The Hall–Kier alpha value is -2.91. The van der Waals surface area contributed by atoms with E-state index in [2.05, 4.69) is 20.9 Å². The monoisotopic (exact) mass is 299 g/mol. The summed E-state index contributed by atoms with van der Waals surface area (Å²) < 4.78 is 38.5. The van der Waals surface area contributed by atoms with E-state index in [9.17, 15) is 22.8 Å². The zero-order valence-electron chi connectivity index (χ0n) is 10.3. The molecule has 2 aromatic rings. The molecule has 0 fully saturated rings. The van der Waals surface area contributed by atoms with Crippen molar-refractivity contribution in [1.29, 1.82) is 0 Å². The normalized spacial score (nSPS) is 11.0. The van der Waals surface area contributed by atoms with E-state index in [1.54, 1.807) is 0 Å². The van der Waals surface area contributed by atoms with Crippen LogP contribution in [0.15, 0.2) is 36.9 Å². The molecule has 0 saturated heterocycles. The number of alkyl halides is 3. The number of amides is 2. The molecule has 21 heavy (non-hydrogen) atoms. The predicted octanol–water partition coefficient (Wildman–Crippen LogP) is 1.01. The summed E-state index contributed by atoms with van der Waals surface area (Å²) in [6.45, 7) is 0. The highest BCUT2D eigenvalue weighted by Gasteiger charge is 2.30. The molecule has 0 atom stereocenters. The van der Waals surface area contributed by atoms with Crippen molar-refractivity contribution in [3.63, 3.8) is 0 Å². The second-order valence-corrected chi connectivity index (χ2v) is 3.84. The van der Waals surface area contributed by atoms with Gasteiger partial charge < -0.3 is 5.32 Å². The standard InChI is InChI=1S/C11H8F3N5O2/c12-11(13,14)7-2-1-3-8(4-7)17-9(20)10(21)18-19-5-15-16-6-19/h1-6H,(H,17,20)(H,18,21). The fourth-order valence-corrected chi connectivity index (χ4v) is 1.39. The van der Waals surface area contributed by atoms with Crippen molar-refractivity contribution < 1.29 is 22.8 Å². The SMILES string of the molecule is O=C(Nc1cccc(C(F)(F)F)c1)C(=O)Nn1cnnc1. The molecular formula is C11H8F3N5O2. The third-order valence-electron chi connectivity index (χ3n) is 2.30. The van der Waals surface area contributed by atoms with E-state index in [0.29, 0.717) is 0 Å². The zero-order valence-corrected chi connectivity index (χ0v) is 10.3.